The fourth-order valence-corrected chi connectivity index (χ4v) is 4.09. The Bertz CT molecular complexity index is 1360. The van der Waals surface area contributed by atoms with Crippen molar-refractivity contribution in [1.29, 1.82) is 0 Å². The lowest BCUT2D eigenvalue weighted by Crippen LogP contribution is -2.31. The maximum Gasteiger partial charge on any atom is 0.297 e. The number of rotatable bonds is 3. The molecule has 0 spiro atoms. The van der Waals surface area contributed by atoms with E-state index in [0.29, 0.717) is 22.5 Å². The van der Waals surface area contributed by atoms with Gasteiger partial charge in [0.05, 0.1) is 17.0 Å². The summed E-state index contributed by atoms with van der Waals surface area (Å²) >= 11 is 0. The summed E-state index contributed by atoms with van der Waals surface area (Å²) in [6, 6.07) is 14.4. The van der Waals surface area contributed by atoms with Crippen molar-refractivity contribution in [2.24, 2.45) is 0 Å². The minimum Gasteiger partial charge on any atom is -0.450 e. The van der Waals surface area contributed by atoms with Gasteiger partial charge in [0.1, 0.15) is 5.58 Å². The van der Waals surface area contributed by atoms with Gasteiger partial charge in [-0.2, -0.15) is 0 Å². The zero-order valence-electron chi connectivity index (χ0n) is 17.5. The van der Waals surface area contributed by atoms with E-state index in [1.54, 1.807) is 30.6 Å². The van der Waals surface area contributed by atoms with Gasteiger partial charge in [0.2, 0.25) is 11.7 Å². The number of benzene rings is 2. The number of amides is 1. The molecular weight excluding hydrogens is 390 g/mol. The van der Waals surface area contributed by atoms with Crippen LogP contribution in [0.25, 0.3) is 11.0 Å². The van der Waals surface area contributed by atoms with Gasteiger partial charge in [-0.15, -0.1) is 0 Å². The Morgan fingerprint density at radius 3 is 2.39 bits per heavy atom. The van der Waals surface area contributed by atoms with Crippen molar-refractivity contribution in [2.45, 2.75) is 32.7 Å². The largest absolute Gasteiger partial charge is 0.450 e. The van der Waals surface area contributed by atoms with Crippen LogP contribution >= 0.6 is 0 Å². The molecule has 0 saturated carbocycles. The van der Waals surface area contributed by atoms with Crippen LogP contribution in [-0.4, -0.2) is 15.9 Å². The quantitative estimate of drug-likeness (QED) is 0.486. The van der Waals surface area contributed by atoms with Gasteiger partial charge < -0.3 is 4.42 Å². The normalized spacial score (nSPS) is 15.7. The molecule has 2 aromatic carbocycles. The van der Waals surface area contributed by atoms with E-state index in [1.165, 1.54) is 10.5 Å². The summed E-state index contributed by atoms with van der Waals surface area (Å²) in [4.78, 5) is 37.0. The standard InChI is InChI=1S/C25H21N3O3/c1-14(2)16-6-8-17(9-7-16)21-20-22(29)18-13-15(3)5-10-19(18)31-23(20)24(30)28(21)25-26-11-4-12-27-25/h4-14,21H,1-3H3. The Balaban J connectivity index is 1.78. The first-order chi connectivity index (χ1) is 15.0. The number of fused-ring (bicyclic) bond motifs is 2. The van der Waals surface area contributed by atoms with Gasteiger partial charge in [0.25, 0.3) is 5.91 Å². The van der Waals surface area contributed by atoms with Crippen LogP contribution in [0.4, 0.5) is 5.95 Å². The monoisotopic (exact) mass is 411 g/mol. The highest BCUT2D eigenvalue weighted by Gasteiger charge is 2.44. The molecule has 0 aliphatic carbocycles. The van der Waals surface area contributed by atoms with Crippen LogP contribution in [-0.2, 0) is 0 Å². The van der Waals surface area contributed by atoms with Crippen LogP contribution in [0, 0.1) is 6.92 Å². The number of hydrogen-bond acceptors (Lipinski definition) is 5. The predicted octanol–water partition coefficient (Wildman–Crippen LogP) is 4.76. The van der Waals surface area contributed by atoms with Gasteiger partial charge in [-0.25, -0.2) is 9.97 Å². The Kier molecular flexibility index (Phi) is 4.43. The molecule has 6 nitrogen and oxygen atoms in total. The van der Waals surface area contributed by atoms with Gasteiger partial charge in [-0.1, -0.05) is 49.7 Å². The van der Waals surface area contributed by atoms with Crippen LogP contribution in [0.2, 0.25) is 0 Å². The third kappa shape index (κ3) is 3.03. The molecule has 2 aromatic heterocycles. The van der Waals surface area contributed by atoms with Crippen molar-refractivity contribution in [3.05, 3.63) is 99.2 Å². The lowest BCUT2D eigenvalue weighted by molar-refractivity contribution is 0.0969. The topological polar surface area (TPSA) is 76.3 Å². The van der Waals surface area contributed by atoms with E-state index in [1.807, 2.05) is 37.3 Å². The van der Waals surface area contributed by atoms with Gasteiger partial charge in [0.15, 0.2) is 5.43 Å². The number of aryl methyl sites for hydroxylation is 1. The highest BCUT2D eigenvalue weighted by molar-refractivity contribution is 6.09. The number of aromatic nitrogens is 2. The first-order valence-corrected chi connectivity index (χ1v) is 10.2. The highest BCUT2D eigenvalue weighted by Crippen LogP contribution is 2.40. The number of anilines is 1. The Labute approximate surface area is 179 Å². The summed E-state index contributed by atoms with van der Waals surface area (Å²) in [6.45, 7) is 6.16. The minimum atomic E-state index is -0.660. The molecule has 31 heavy (non-hydrogen) atoms. The molecule has 0 N–H and O–H groups in total. The van der Waals surface area contributed by atoms with Gasteiger partial charge in [0, 0.05) is 12.4 Å². The molecule has 1 aliphatic rings. The Hall–Kier alpha value is -3.80. The molecule has 5 rings (SSSR count). The molecule has 1 aliphatic heterocycles. The molecule has 0 bridgehead atoms. The Morgan fingerprint density at radius 2 is 1.71 bits per heavy atom. The maximum absolute atomic E-state index is 13.6. The predicted molar refractivity (Wildman–Crippen MR) is 118 cm³/mol. The molecule has 3 heterocycles. The van der Waals surface area contributed by atoms with Crippen LogP contribution in [0.3, 0.4) is 0 Å². The summed E-state index contributed by atoms with van der Waals surface area (Å²) in [6.07, 6.45) is 3.15. The van der Waals surface area contributed by atoms with E-state index in [9.17, 15) is 9.59 Å². The van der Waals surface area contributed by atoms with Crippen LogP contribution in [0.1, 0.15) is 58.6 Å². The molecule has 0 radical (unpaired) electrons. The number of carbonyl (C=O) groups is 1. The average Bonchev–Trinajstić information content (AvgIpc) is 3.07. The third-order valence-corrected chi connectivity index (χ3v) is 5.71. The fraction of sp³-hybridized carbons (Fsp3) is 0.200. The van der Waals surface area contributed by atoms with E-state index in [2.05, 4.69) is 23.8 Å². The summed E-state index contributed by atoms with van der Waals surface area (Å²) < 4.78 is 5.97. The molecule has 0 saturated heterocycles. The molecule has 154 valence electrons. The summed E-state index contributed by atoms with van der Waals surface area (Å²) in [7, 11) is 0. The van der Waals surface area contributed by atoms with E-state index < -0.39 is 11.9 Å². The van der Waals surface area contributed by atoms with Crippen molar-refractivity contribution in [1.82, 2.24) is 9.97 Å². The number of hydrogen-bond donors (Lipinski definition) is 0. The fourth-order valence-electron chi connectivity index (χ4n) is 4.09. The van der Waals surface area contributed by atoms with Crippen LogP contribution in [0.15, 0.2) is 70.1 Å². The summed E-state index contributed by atoms with van der Waals surface area (Å²) in [5.74, 6) is 0.235. The number of nitrogens with zero attached hydrogens (tertiary/aromatic N) is 3. The van der Waals surface area contributed by atoms with Crippen molar-refractivity contribution >= 4 is 22.8 Å². The lowest BCUT2D eigenvalue weighted by Gasteiger charge is -2.23. The van der Waals surface area contributed by atoms with E-state index in [4.69, 9.17) is 4.42 Å². The molecule has 0 fully saturated rings. The van der Waals surface area contributed by atoms with Gasteiger partial charge in [-0.05, 0) is 42.2 Å². The Morgan fingerprint density at radius 1 is 1.00 bits per heavy atom. The van der Waals surface area contributed by atoms with Gasteiger partial charge in [-0.3, -0.25) is 14.5 Å². The molecule has 1 unspecified atom stereocenters. The molecule has 6 heteroatoms. The first-order valence-electron chi connectivity index (χ1n) is 10.2. The summed E-state index contributed by atoms with van der Waals surface area (Å²) in [5.41, 5.74) is 3.45. The first kappa shape index (κ1) is 19.2. The molecule has 1 atom stereocenters. The van der Waals surface area contributed by atoms with E-state index in [0.717, 1.165) is 11.1 Å². The van der Waals surface area contributed by atoms with Crippen molar-refractivity contribution in [3.63, 3.8) is 0 Å². The number of carbonyl (C=O) groups excluding carboxylic acids is 1. The van der Waals surface area contributed by atoms with Crippen LogP contribution in [0.5, 0.6) is 0 Å². The third-order valence-electron chi connectivity index (χ3n) is 5.71. The second-order valence-electron chi connectivity index (χ2n) is 8.12. The van der Waals surface area contributed by atoms with Crippen molar-refractivity contribution < 1.29 is 9.21 Å². The lowest BCUT2D eigenvalue weighted by atomic mass is 9.95. The van der Waals surface area contributed by atoms with Crippen molar-refractivity contribution in [3.8, 4) is 0 Å². The smallest absolute Gasteiger partial charge is 0.297 e. The average molecular weight is 411 g/mol. The second kappa shape index (κ2) is 7.16. The maximum atomic E-state index is 13.6. The van der Waals surface area contributed by atoms with Crippen LogP contribution < -0.4 is 10.3 Å². The van der Waals surface area contributed by atoms with Crippen molar-refractivity contribution in [2.75, 3.05) is 4.90 Å². The molecule has 1 amide bonds. The van der Waals surface area contributed by atoms with Gasteiger partial charge >= 0.3 is 0 Å². The zero-order chi connectivity index (χ0) is 21.7. The van der Waals surface area contributed by atoms with E-state index >= 15 is 0 Å². The SMILES string of the molecule is Cc1ccc2oc3c(c(=O)c2c1)C(c1ccc(C(C)C)cc1)N(c1ncccn1)C3=O. The summed E-state index contributed by atoms with van der Waals surface area (Å²) in [5, 5.41) is 0.464. The minimum absolute atomic E-state index is 0.0479. The molecule has 4 aromatic rings. The highest BCUT2D eigenvalue weighted by atomic mass is 16.3. The zero-order valence-corrected chi connectivity index (χ0v) is 17.5. The van der Waals surface area contributed by atoms with E-state index in [-0.39, 0.29) is 17.1 Å². The molecular formula is C25H21N3O3. The second-order valence-corrected chi connectivity index (χ2v) is 8.12.